The van der Waals surface area contributed by atoms with E-state index in [4.69, 9.17) is 10.5 Å². The molecule has 2 rings (SSSR count). The maximum absolute atomic E-state index is 13.1. The molecule has 18 heavy (non-hydrogen) atoms. The van der Waals surface area contributed by atoms with E-state index in [-0.39, 0.29) is 12.4 Å². The van der Waals surface area contributed by atoms with Crippen molar-refractivity contribution < 1.29 is 9.13 Å². The van der Waals surface area contributed by atoms with Crippen molar-refractivity contribution in [1.82, 2.24) is 0 Å². The molecule has 0 fully saturated rings. The highest BCUT2D eigenvalue weighted by atomic mass is 19.1. The van der Waals surface area contributed by atoms with Gasteiger partial charge in [0.05, 0.1) is 7.11 Å². The van der Waals surface area contributed by atoms with Gasteiger partial charge in [-0.1, -0.05) is 0 Å². The number of hydrogen-bond acceptors (Lipinski definition) is 3. The zero-order valence-electron chi connectivity index (χ0n) is 10.1. The predicted molar refractivity (Wildman–Crippen MR) is 70.6 cm³/mol. The molecule has 0 heterocycles. The average Bonchev–Trinajstić information content (AvgIpc) is 2.41. The molecule has 0 aliphatic carbocycles. The molecule has 0 saturated carbocycles. The van der Waals surface area contributed by atoms with Crippen LogP contribution in [0.2, 0.25) is 0 Å². The molecule has 0 amide bonds. The minimum absolute atomic E-state index is 0.282. The van der Waals surface area contributed by atoms with Gasteiger partial charge in [-0.05, 0) is 48.0 Å². The highest BCUT2D eigenvalue weighted by Gasteiger charge is 2.03. The molecule has 0 spiro atoms. The van der Waals surface area contributed by atoms with Crippen molar-refractivity contribution in [2.45, 2.75) is 6.54 Å². The van der Waals surface area contributed by atoms with Gasteiger partial charge in [0.15, 0.2) is 0 Å². The molecule has 2 aromatic carbocycles. The number of hydrogen-bond donors (Lipinski definition) is 2. The number of ether oxygens (including phenoxy) is 1. The fourth-order valence-corrected chi connectivity index (χ4v) is 1.68. The predicted octanol–water partition coefficient (Wildman–Crippen LogP) is 3.04. The molecule has 0 bridgehead atoms. The molecule has 0 aromatic heterocycles. The molecule has 0 unspecified atom stereocenters. The van der Waals surface area contributed by atoms with Crippen LogP contribution >= 0.6 is 0 Å². The van der Waals surface area contributed by atoms with Crippen LogP contribution in [0.25, 0.3) is 0 Å². The first-order valence-electron chi connectivity index (χ1n) is 5.62. The first kappa shape index (κ1) is 12.4. The summed E-state index contributed by atoms with van der Waals surface area (Å²) in [5.74, 6) is 0.509. The Bertz CT molecular complexity index is 526. The van der Waals surface area contributed by atoms with Crippen LogP contribution in [0.3, 0.4) is 0 Å². The molecule has 0 aliphatic rings. The summed E-state index contributed by atoms with van der Waals surface area (Å²) in [6.45, 7) is 0.288. The molecule has 4 heteroatoms. The molecule has 0 radical (unpaired) electrons. The number of anilines is 2. The lowest BCUT2D eigenvalue weighted by Gasteiger charge is -2.11. The molecule has 3 N–H and O–H groups in total. The Hall–Kier alpha value is -2.07. The lowest BCUT2D eigenvalue weighted by molar-refractivity contribution is 0.415. The first-order valence-corrected chi connectivity index (χ1v) is 5.62. The summed E-state index contributed by atoms with van der Waals surface area (Å²) < 4.78 is 18.2. The Morgan fingerprint density at radius 1 is 1.17 bits per heavy atom. The van der Waals surface area contributed by atoms with E-state index in [9.17, 15) is 4.39 Å². The molecule has 2 aromatic rings. The average molecular weight is 246 g/mol. The van der Waals surface area contributed by atoms with Crippen molar-refractivity contribution in [2.75, 3.05) is 12.4 Å². The highest BCUT2D eigenvalue weighted by molar-refractivity contribution is 5.63. The van der Waals surface area contributed by atoms with E-state index in [0.717, 1.165) is 22.7 Å². The summed E-state index contributed by atoms with van der Waals surface area (Å²) in [6.07, 6.45) is 0. The second kappa shape index (κ2) is 5.51. The minimum atomic E-state index is -0.282. The zero-order chi connectivity index (χ0) is 13.0. The van der Waals surface area contributed by atoms with Crippen LogP contribution in [0.15, 0.2) is 42.5 Å². The molecule has 3 nitrogen and oxygen atoms in total. The van der Waals surface area contributed by atoms with Crippen LogP contribution in [0.5, 0.6) is 5.75 Å². The van der Waals surface area contributed by atoms with E-state index in [0.29, 0.717) is 0 Å². The Balaban J connectivity index is 2.22. The fraction of sp³-hybridized carbons (Fsp3) is 0.143. The van der Waals surface area contributed by atoms with Gasteiger partial charge in [-0.2, -0.15) is 0 Å². The first-order chi connectivity index (χ1) is 8.72. The fourth-order valence-electron chi connectivity index (χ4n) is 1.68. The number of rotatable bonds is 4. The second-order valence-electron chi connectivity index (χ2n) is 3.86. The van der Waals surface area contributed by atoms with Crippen LogP contribution < -0.4 is 15.8 Å². The standard InChI is InChI=1S/C14H15FN2O/c1-18-13-5-3-12(4-6-13)17-14-7-2-11(15)8-10(14)9-16/h2-8,17H,9,16H2,1H3. The molecular formula is C14H15FN2O. The Morgan fingerprint density at radius 3 is 2.50 bits per heavy atom. The number of nitrogens with two attached hydrogens (primary N) is 1. The smallest absolute Gasteiger partial charge is 0.123 e. The summed E-state index contributed by atoms with van der Waals surface area (Å²) in [5, 5.41) is 3.20. The van der Waals surface area contributed by atoms with E-state index < -0.39 is 0 Å². The summed E-state index contributed by atoms with van der Waals surface area (Å²) in [7, 11) is 1.62. The van der Waals surface area contributed by atoms with Crippen molar-refractivity contribution in [3.05, 3.63) is 53.8 Å². The molecule has 0 atom stereocenters. The maximum Gasteiger partial charge on any atom is 0.123 e. The van der Waals surface area contributed by atoms with Gasteiger partial charge >= 0.3 is 0 Å². The number of halogens is 1. The molecule has 0 saturated heterocycles. The van der Waals surface area contributed by atoms with Crippen molar-refractivity contribution >= 4 is 11.4 Å². The third-order valence-corrected chi connectivity index (χ3v) is 2.66. The third kappa shape index (κ3) is 2.78. The van der Waals surface area contributed by atoms with Crippen LogP contribution in [0.1, 0.15) is 5.56 Å². The van der Waals surface area contributed by atoms with E-state index in [2.05, 4.69) is 5.32 Å². The highest BCUT2D eigenvalue weighted by Crippen LogP contribution is 2.23. The van der Waals surface area contributed by atoms with E-state index in [1.807, 2.05) is 24.3 Å². The van der Waals surface area contributed by atoms with Gasteiger partial charge in [0.25, 0.3) is 0 Å². The molecular weight excluding hydrogens is 231 g/mol. The summed E-state index contributed by atoms with van der Waals surface area (Å²) >= 11 is 0. The van der Waals surface area contributed by atoms with Gasteiger partial charge in [-0.25, -0.2) is 4.39 Å². The summed E-state index contributed by atoms with van der Waals surface area (Å²) in [5.41, 5.74) is 8.04. The second-order valence-corrected chi connectivity index (χ2v) is 3.86. The van der Waals surface area contributed by atoms with Crippen LogP contribution in [-0.2, 0) is 6.54 Å². The Morgan fingerprint density at radius 2 is 1.89 bits per heavy atom. The van der Waals surface area contributed by atoms with Crippen molar-refractivity contribution in [3.63, 3.8) is 0 Å². The lowest BCUT2D eigenvalue weighted by Crippen LogP contribution is -2.02. The van der Waals surface area contributed by atoms with E-state index in [1.165, 1.54) is 12.1 Å². The SMILES string of the molecule is COc1ccc(Nc2ccc(F)cc2CN)cc1. The quantitative estimate of drug-likeness (QED) is 0.871. The monoisotopic (exact) mass is 246 g/mol. The lowest BCUT2D eigenvalue weighted by atomic mass is 10.1. The van der Waals surface area contributed by atoms with Gasteiger partial charge in [0.2, 0.25) is 0 Å². The topological polar surface area (TPSA) is 47.3 Å². The normalized spacial score (nSPS) is 10.2. The van der Waals surface area contributed by atoms with Crippen LogP contribution in [-0.4, -0.2) is 7.11 Å². The third-order valence-electron chi connectivity index (χ3n) is 2.66. The molecule has 0 aliphatic heterocycles. The molecule has 94 valence electrons. The number of nitrogens with one attached hydrogen (secondary N) is 1. The van der Waals surface area contributed by atoms with Gasteiger partial charge in [-0.15, -0.1) is 0 Å². The van der Waals surface area contributed by atoms with E-state index in [1.54, 1.807) is 13.2 Å². The van der Waals surface area contributed by atoms with Gasteiger partial charge < -0.3 is 15.8 Å². The minimum Gasteiger partial charge on any atom is -0.497 e. The Kier molecular flexibility index (Phi) is 3.79. The van der Waals surface area contributed by atoms with Crippen molar-refractivity contribution in [2.24, 2.45) is 5.73 Å². The van der Waals surface area contributed by atoms with Gasteiger partial charge in [0, 0.05) is 17.9 Å². The van der Waals surface area contributed by atoms with Crippen LogP contribution in [0.4, 0.5) is 15.8 Å². The van der Waals surface area contributed by atoms with Crippen molar-refractivity contribution in [3.8, 4) is 5.75 Å². The summed E-state index contributed by atoms with van der Waals surface area (Å²) in [6, 6.07) is 12.0. The maximum atomic E-state index is 13.1. The van der Waals surface area contributed by atoms with Gasteiger partial charge in [0.1, 0.15) is 11.6 Å². The summed E-state index contributed by atoms with van der Waals surface area (Å²) in [4.78, 5) is 0. The number of methoxy groups -OCH3 is 1. The Labute approximate surface area is 105 Å². The van der Waals surface area contributed by atoms with Crippen LogP contribution in [0, 0.1) is 5.82 Å². The van der Waals surface area contributed by atoms with Crippen molar-refractivity contribution in [1.29, 1.82) is 0 Å². The van der Waals surface area contributed by atoms with Gasteiger partial charge in [-0.3, -0.25) is 0 Å². The zero-order valence-corrected chi connectivity index (χ0v) is 10.1. The number of benzene rings is 2. The van der Waals surface area contributed by atoms with E-state index >= 15 is 0 Å². The largest absolute Gasteiger partial charge is 0.497 e.